The maximum atomic E-state index is 8.41. The summed E-state index contributed by atoms with van der Waals surface area (Å²) in [6, 6.07) is 52.9. The molecule has 51 heavy (non-hydrogen) atoms. The normalized spacial score (nSPS) is 11.7. The Labute approximate surface area is 322 Å². The molecule has 0 bridgehead atoms. The van der Waals surface area contributed by atoms with E-state index < -0.39 is 14.0 Å². The minimum atomic E-state index is -1.23. The van der Waals surface area contributed by atoms with Gasteiger partial charge in [-0.2, -0.15) is 11.3 Å². The Bertz CT molecular complexity index is 2410. The van der Waals surface area contributed by atoms with Crippen LogP contribution in [0.25, 0.3) is 64.9 Å². The van der Waals surface area contributed by atoms with E-state index in [4.69, 9.17) is 1.37 Å². The van der Waals surface area contributed by atoms with Crippen molar-refractivity contribution in [2.24, 2.45) is 0 Å². The van der Waals surface area contributed by atoms with Crippen LogP contribution < -0.4 is 5.19 Å². The maximum Gasteiger partial charge on any atom is 0.0795 e. The fourth-order valence-electron chi connectivity index (χ4n) is 6.02. The fourth-order valence-corrected chi connectivity index (χ4v) is 8.31. The summed E-state index contributed by atoms with van der Waals surface area (Å²) in [6.45, 7) is 10.8. The van der Waals surface area contributed by atoms with Crippen LogP contribution in [0.15, 0.2) is 146 Å². The Morgan fingerprint density at radius 3 is 2.02 bits per heavy atom. The number of rotatable bonds is 6. The molecule has 0 saturated heterocycles. The predicted molar refractivity (Wildman–Crippen MR) is 218 cm³/mol. The van der Waals surface area contributed by atoms with Crippen LogP contribution in [-0.4, -0.2) is 18.0 Å². The van der Waals surface area contributed by atoms with Crippen LogP contribution in [0.2, 0.25) is 19.6 Å². The van der Waals surface area contributed by atoms with E-state index in [0.29, 0.717) is 0 Å². The van der Waals surface area contributed by atoms with Crippen molar-refractivity contribution in [2.45, 2.75) is 39.4 Å². The quantitative estimate of drug-likeness (QED) is 0.123. The number of pyridine rings is 2. The van der Waals surface area contributed by atoms with Crippen molar-refractivity contribution in [3.8, 4) is 44.8 Å². The molecule has 0 aliphatic heterocycles. The number of fused-ring (bicyclic) bond motifs is 3. The van der Waals surface area contributed by atoms with Gasteiger partial charge in [0.15, 0.2) is 0 Å². The van der Waals surface area contributed by atoms with E-state index in [1.165, 1.54) is 47.6 Å². The molecule has 5 aromatic carbocycles. The number of benzene rings is 5. The summed E-state index contributed by atoms with van der Waals surface area (Å²) in [4.78, 5) is 9.15. The molecular weight excluding hydrogens is 833 g/mol. The molecule has 3 heterocycles. The van der Waals surface area contributed by atoms with Gasteiger partial charge in [-0.3, -0.25) is 0 Å². The average Bonchev–Trinajstić information content (AvgIpc) is 3.54. The minimum absolute atomic E-state index is 0. The summed E-state index contributed by atoms with van der Waals surface area (Å²) in [5.41, 5.74) is 9.77. The molecule has 0 unspecified atom stereocenters. The Hall–Kier alpha value is -4.51. The molecule has 0 atom stereocenters. The molecule has 0 saturated carbocycles. The molecule has 0 aliphatic carbocycles. The third kappa shape index (κ3) is 8.19. The largest absolute Gasteiger partial charge is 0.305 e. The molecule has 0 N–H and O–H groups in total. The zero-order chi connectivity index (χ0) is 35.6. The van der Waals surface area contributed by atoms with E-state index in [-0.39, 0.29) is 20.1 Å². The van der Waals surface area contributed by atoms with Gasteiger partial charge in [0, 0.05) is 38.6 Å². The maximum absolute atomic E-state index is 8.41. The van der Waals surface area contributed by atoms with Crippen LogP contribution in [-0.2, 0) is 20.1 Å². The molecule has 5 heteroatoms. The number of hydrogen-bond donors (Lipinski definition) is 0. The Morgan fingerprint density at radius 2 is 1.35 bits per heavy atom. The molecule has 1 radical (unpaired) electrons. The van der Waals surface area contributed by atoms with Gasteiger partial charge in [-0.25, -0.2) is 0 Å². The van der Waals surface area contributed by atoms with E-state index in [2.05, 4.69) is 127 Å². The standard InChI is InChI=1S/C32H24NS.C14H16NSi.Ir/c1-21(2)25-17-18-33-30(19-25)29-10-6-9-28-27-16-15-26(20-31(27)34-32(28)29)24-13-11-23(12-14-24)22-7-4-3-5-8-22;1-16(2,3)13-9-10-14(15-11-13)12-7-5-4-6-8-12;/h3-9,11-21H,1-2H3;4-7,9-11H,1-3H3;/q2*-1;/i21D;;. The predicted octanol–water partition coefficient (Wildman–Crippen LogP) is 12.5. The SMILES string of the molecule is C[Si](C)(C)c1ccc(-c2[c-]cccc2)nc1.[2H]C(C)(C)c1ccnc(-c2[c-]ccc3c2sc2cc(-c4ccc(-c5ccccc5)cc4)ccc23)c1.[Ir]. The Kier molecular flexibility index (Phi) is 10.8. The molecule has 2 nitrogen and oxygen atoms in total. The number of aromatic nitrogens is 2. The number of hydrogen-bond acceptors (Lipinski definition) is 3. The van der Waals surface area contributed by atoms with Crippen molar-refractivity contribution in [1.82, 2.24) is 9.97 Å². The summed E-state index contributed by atoms with van der Waals surface area (Å²) >= 11 is 1.79. The van der Waals surface area contributed by atoms with E-state index in [0.717, 1.165) is 28.1 Å². The number of thiophene rings is 1. The van der Waals surface area contributed by atoms with Crippen molar-refractivity contribution >= 4 is 44.8 Å². The first-order valence-corrected chi connectivity index (χ1v) is 21.3. The van der Waals surface area contributed by atoms with E-state index in [1.807, 2.05) is 68.6 Å². The van der Waals surface area contributed by atoms with Gasteiger partial charge >= 0.3 is 0 Å². The molecular formula is C46H40IrN2SSi-2. The van der Waals surface area contributed by atoms with Crippen molar-refractivity contribution in [3.05, 3.63) is 164 Å². The van der Waals surface area contributed by atoms with Crippen molar-refractivity contribution in [2.75, 3.05) is 0 Å². The molecule has 8 aromatic rings. The van der Waals surface area contributed by atoms with E-state index in [9.17, 15) is 0 Å². The van der Waals surface area contributed by atoms with Gasteiger partial charge in [-0.1, -0.05) is 129 Å². The topological polar surface area (TPSA) is 25.8 Å². The Balaban J connectivity index is 0.000000230. The van der Waals surface area contributed by atoms with Gasteiger partial charge in [-0.15, -0.1) is 59.7 Å². The van der Waals surface area contributed by atoms with Crippen LogP contribution in [0.5, 0.6) is 0 Å². The molecule has 8 rings (SSSR count). The zero-order valence-electron chi connectivity index (χ0n) is 30.5. The van der Waals surface area contributed by atoms with Gasteiger partial charge in [0.25, 0.3) is 0 Å². The third-order valence-corrected chi connectivity index (χ3v) is 12.2. The fraction of sp³-hybridized carbons (Fsp3) is 0.130. The molecule has 0 spiro atoms. The van der Waals surface area contributed by atoms with Crippen LogP contribution in [0, 0.1) is 12.1 Å². The second-order valence-electron chi connectivity index (χ2n) is 13.7. The van der Waals surface area contributed by atoms with Gasteiger partial charge < -0.3 is 9.97 Å². The van der Waals surface area contributed by atoms with Gasteiger partial charge in [0.1, 0.15) is 0 Å². The van der Waals surface area contributed by atoms with Crippen molar-refractivity contribution in [3.63, 3.8) is 0 Å². The molecule has 3 aromatic heterocycles. The van der Waals surface area contributed by atoms with Gasteiger partial charge in [0.2, 0.25) is 0 Å². The molecule has 0 amide bonds. The second-order valence-corrected chi connectivity index (χ2v) is 19.9. The average molecular weight is 874 g/mol. The first-order chi connectivity index (χ1) is 24.5. The van der Waals surface area contributed by atoms with Gasteiger partial charge in [0.05, 0.1) is 8.07 Å². The van der Waals surface area contributed by atoms with Crippen LogP contribution in [0.1, 0.15) is 26.7 Å². The summed E-state index contributed by atoms with van der Waals surface area (Å²) in [5.74, 6) is -0.670. The molecule has 0 fully saturated rings. The summed E-state index contributed by atoms with van der Waals surface area (Å²) < 4.78 is 10.9. The summed E-state index contributed by atoms with van der Waals surface area (Å²) in [7, 11) is -1.23. The smallest absolute Gasteiger partial charge is 0.0795 e. The Morgan fingerprint density at radius 1 is 0.647 bits per heavy atom. The first-order valence-electron chi connectivity index (χ1n) is 17.5. The molecule has 0 aliphatic rings. The summed E-state index contributed by atoms with van der Waals surface area (Å²) in [5, 5.41) is 3.87. The first kappa shape index (κ1) is 34.9. The minimum Gasteiger partial charge on any atom is -0.305 e. The van der Waals surface area contributed by atoms with Crippen LogP contribution >= 0.6 is 11.3 Å². The number of nitrogens with zero attached hydrogens (tertiary/aromatic N) is 2. The van der Waals surface area contributed by atoms with Crippen LogP contribution in [0.4, 0.5) is 0 Å². The third-order valence-electron chi connectivity index (χ3n) is 8.97. The van der Waals surface area contributed by atoms with Crippen LogP contribution in [0.3, 0.4) is 0 Å². The van der Waals surface area contributed by atoms with Crippen molar-refractivity contribution < 1.29 is 21.5 Å². The molecule has 255 valence electrons. The van der Waals surface area contributed by atoms with E-state index in [1.54, 1.807) is 17.5 Å². The van der Waals surface area contributed by atoms with Crippen molar-refractivity contribution in [1.29, 1.82) is 0 Å². The van der Waals surface area contributed by atoms with Gasteiger partial charge in [-0.05, 0) is 66.9 Å². The monoisotopic (exact) mass is 874 g/mol. The van der Waals surface area contributed by atoms with E-state index >= 15 is 0 Å². The summed E-state index contributed by atoms with van der Waals surface area (Å²) in [6.07, 6.45) is 3.82. The second kappa shape index (κ2) is 15.8. The zero-order valence-corrected chi connectivity index (χ0v) is 33.7.